The number of halogens is 3. The van der Waals surface area contributed by atoms with Gasteiger partial charge in [0.2, 0.25) is 5.91 Å². The van der Waals surface area contributed by atoms with Crippen molar-refractivity contribution >= 4 is 5.91 Å². The highest BCUT2D eigenvalue weighted by Gasteiger charge is 2.32. The van der Waals surface area contributed by atoms with Crippen LogP contribution in [0.5, 0.6) is 0 Å². The number of rotatable bonds is 2. The van der Waals surface area contributed by atoms with Crippen LogP contribution in [0.1, 0.15) is 18.7 Å². The molecule has 1 aliphatic rings. The monoisotopic (exact) mass is 244 g/mol. The van der Waals surface area contributed by atoms with Gasteiger partial charge in [0.15, 0.2) is 11.6 Å². The zero-order valence-corrected chi connectivity index (χ0v) is 9.14. The Morgan fingerprint density at radius 2 is 1.94 bits per heavy atom. The number of amides is 1. The summed E-state index contributed by atoms with van der Waals surface area (Å²) in [6.07, 6.45) is -0.734. The number of hydrogen-bond donors (Lipinski definition) is 1. The molecule has 1 atom stereocenters. The van der Waals surface area contributed by atoms with E-state index in [0.717, 1.165) is 6.07 Å². The number of carbonyl (C=O) groups excluding carboxylic acids is 1. The third-order valence-corrected chi connectivity index (χ3v) is 2.75. The Kier molecular flexibility index (Phi) is 3.06. The zero-order chi connectivity index (χ0) is 12.6. The lowest BCUT2D eigenvalue weighted by Gasteiger charge is -2.22. The SMILES string of the molecule is CCN1CC(=O)N[C@H]1c1cc(F)c(F)cc1F. The molecule has 6 heteroatoms. The van der Waals surface area contributed by atoms with Gasteiger partial charge < -0.3 is 5.32 Å². The average molecular weight is 244 g/mol. The molecule has 1 heterocycles. The normalized spacial score (nSPS) is 20.7. The molecule has 2 rings (SSSR count). The molecule has 0 bridgehead atoms. The average Bonchev–Trinajstić information content (AvgIpc) is 2.64. The first-order valence-corrected chi connectivity index (χ1v) is 5.20. The Labute approximate surface area is 96.2 Å². The van der Waals surface area contributed by atoms with Gasteiger partial charge in [0.05, 0.1) is 6.54 Å². The van der Waals surface area contributed by atoms with E-state index in [-0.39, 0.29) is 18.0 Å². The number of nitrogens with one attached hydrogen (secondary N) is 1. The van der Waals surface area contributed by atoms with E-state index in [0.29, 0.717) is 12.6 Å². The second-order valence-corrected chi connectivity index (χ2v) is 3.82. The topological polar surface area (TPSA) is 32.3 Å². The van der Waals surface area contributed by atoms with Crippen molar-refractivity contribution in [2.24, 2.45) is 0 Å². The van der Waals surface area contributed by atoms with Gasteiger partial charge in [0.25, 0.3) is 0 Å². The van der Waals surface area contributed by atoms with Gasteiger partial charge in [0.1, 0.15) is 12.0 Å². The van der Waals surface area contributed by atoms with Gasteiger partial charge in [-0.2, -0.15) is 0 Å². The number of likely N-dealkylation sites (N-methyl/N-ethyl adjacent to an activating group) is 1. The molecule has 1 saturated heterocycles. The summed E-state index contributed by atoms with van der Waals surface area (Å²) in [5.74, 6) is -3.49. The van der Waals surface area contributed by atoms with Crippen molar-refractivity contribution in [3.8, 4) is 0 Å². The number of carbonyl (C=O) groups is 1. The van der Waals surface area contributed by atoms with Gasteiger partial charge in [-0.25, -0.2) is 13.2 Å². The predicted molar refractivity (Wildman–Crippen MR) is 54.4 cm³/mol. The lowest BCUT2D eigenvalue weighted by molar-refractivity contribution is -0.118. The highest BCUT2D eigenvalue weighted by Crippen LogP contribution is 2.26. The van der Waals surface area contributed by atoms with Crippen molar-refractivity contribution in [1.82, 2.24) is 10.2 Å². The van der Waals surface area contributed by atoms with Crippen LogP contribution in [0, 0.1) is 17.5 Å². The molecule has 0 aromatic heterocycles. The first-order chi connectivity index (χ1) is 8.02. The largest absolute Gasteiger partial charge is 0.335 e. The smallest absolute Gasteiger partial charge is 0.235 e. The maximum Gasteiger partial charge on any atom is 0.235 e. The summed E-state index contributed by atoms with van der Waals surface area (Å²) in [4.78, 5) is 12.9. The maximum atomic E-state index is 13.5. The van der Waals surface area contributed by atoms with Crippen molar-refractivity contribution in [1.29, 1.82) is 0 Å². The Morgan fingerprint density at radius 3 is 2.59 bits per heavy atom. The Bertz CT molecular complexity index is 464. The predicted octanol–water partition coefficient (Wildman–Crippen LogP) is 1.55. The molecule has 0 unspecified atom stereocenters. The Hall–Kier alpha value is -1.56. The lowest BCUT2D eigenvalue weighted by atomic mass is 10.1. The van der Waals surface area contributed by atoms with Crippen LogP contribution >= 0.6 is 0 Å². The molecule has 17 heavy (non-hydrogen) atoms. The first kappa shape index (κ1) is 11.9. The second-order valence-electron chi connectivity index (χ2n) is 3.82. The van der Waals surface area contributed by atoms with Crippen LogP contribution in [-0.2, 0) is 4.79 Å². The van der Waals surface area contributed by atoms with E-state index < -0.39 is 23.6 Å². The third-order valence-electron chi connectivity index (χ3n) is 2.75. The van der Waals surface area contributed by atoms with Crippen molar-refractivity contribution in [2.75, 3.05) is 13.1 Å². The van der Waals surface area contributed by atoms with Crippen molar-refractivity contribution < 1.29 is 18.0 Å². The zero-order valence-electron chi connectivity index (χ0n) is 9.14. The standard InChI is InChI=1S/C11H11F3N2O/c1-2-16-5-10(17)15-11(16)6-3-8(13)9(14)4-7(6)12/h3-4,11H,2,5H2,1H3,(H,15,17)/t11-/m1/s1. The lowest BCUT2D eigenvalue weighted by Crippen LogP contribution is -2.28. The number of benzene rings is 1. The van der Waals surface area contributed by atoms with Gasteiger partial charge in [0, 0.05) is 11.6 Å². The summed E-state index contributed by atoms with van der Waals surface area (Å²) < 4.78 is 39.4. The van der Waals surface area contributed by atoms with Crippen LogP contribution in [0.25, 0.3) is 0 Å². The maximum absolute atomic E-state index is 13.5. The minimum atomic E-state index is -1.24. The van der Waals surface area contributed by atoms with E-state index in [9.17, 15) is 18.0 Å². The molecular weight excluding hydrogens is 233 g/mol. The van der Waals surface area contributed by atoms with Gasteiger partial charge in [-0.3, -0.25) is 9.69 Å². The molecule has 92 valence electrons. The highest BCUT2D eigenvalue weighted by atomic mass is 19.2. The molecule has 1 amide bonds. The first-order valence-electron chi connectivity index (χ1n) is 5.20. The van der Waals surface area contributed by atoms with E-state index >= 15 is 0 Å². The molecule has 3 nitrogen and oxygen atoms in total. The van der Waals surface area contributed by atoms with Gasteiger partial charge >= 0.3 is 0 Å². The van der Waals surface area contributed by atoms with E-state index in [2.05, 4.69) is 5.32 Å². The van der Waals surface area contributed by atoms with Gasteiger partial charge in [-0.1, -0.05) is 6.92 Å². The fourth-order valence-corrected chi connectivity index (χ4v) is 1.88. The molecule has 1 N–H and O–H groups in total. The van der Waals surface area contributed by atoms with Crippen molar-refractivity contribution in [3.05, 3.63) is 35.1 Å². The molecule has 0 saturated carbocycles. The summed E-state index contributed by atoms with van der Waals surface area (Å²) in [6, 6.07) is 1.27. The van der Waals surface area contributed by atoms with Crippen molar-refractivity contribution in [2.45, 2.75) is 13.1 Å². The summed E-state index contributed by atoms with van der Waals surface area (Å²) in [5.41, 5.74) is -0.0587. The Balaban J connectivity index is 2.39. The van der Waals surface area contributed by atoms with Gasteiger partial charge in [-0.15, -0.1) is 0 Å². The minimum Gasteiger partial charge on any atom is -0.335 e. The summed E-state index contributed by atoms with van der Waals surface area (Å²) in [5, 5.41) is 2.52. The molecular formula is C11H11F3N2O. The Morgan fingerprint density at radius 1 is 1.29 bits per heavy atom. The quantitative estimate of drug-likeness (QED) is 0.801. The number of nitrogens with zero attached hydrogens (tertiary/aromatic N) is 1. The van der Waals surface area contributed by atoms with Crippen LogP contribution in [0.2, 0.25) is 0 Å². The fourth-order valence-electron chi connectivity index (χ4n) is 1.88. The van der Waals surface area contributed by atoms with Crippen LogP contribution in [-0.4, -0.2) is 23.9 Å². The van der Waals surface area contributed by atoms with E-state index in [4.69, 9.17) is 0 Å². The third kappa shape index (κ3) is 2.12. The molecule has 1 aromatic carbocycles. The minimum absolute atomic E-state index is 0.0587. The molecule has 0 aliphatic carbocycles. The molecule has 0 radical (unpaired) electrons. The highest BCUT2D eigenvalue weighted by molar-refractivity contribution is 5.80. The van der Waals surface area contributed by atoms with Crippen molar-refractivity contribution in [3.63, 3.8) is 0 Å². The van der Waals surface area contributed by atoms with E-state index in [1.54, 1.807) is 11.8 Å². The number of hydrogen-bond acceptors (Lipinski definition) is 2. The molecule has 0 spiro atoms. The summed E-state index contributed by atoms with van der Waals surface area (Å²) >= 11 is 0. The van der Waals surface area contributed by atoms with Crippen LogP contribution in [0.3, 0.4) is 0 Å². The van der Waals surface area contributed by atoms with Crippen LogP contribution < -0.4 is 5.32 Å². The summed E-state index contributed by atoms with van der Waals surface area (Å²) in [6.45, 7) is 2.42. The summed E-state index contributed by atoms with van der Waals surface area (Å²) in [7, 11) is 0. The molecule has 1 aliphatic heterocycles. The van der Waals surface area contributed by atoms with E-state index in [1.807, 2.05) is 0 Å². The second kappa shape index (κ2) is 4.37. The van der Waals surface area contributed by atoms with Crippen LogP contribution in [0.4, 0.5) is 13.2 Å². The fraction of sp³-hybridized carbons (Fsp3) is 0.364. The van der Waals surface area contributed by atoms with Gasteiger partial charge in [-0.05, 0) is 12.6 Å². The van der Waals surface area contributed by atoms with E-state index in [1.165, 1.54) is 0 Å². The molecule has 1 aromatic rings. The molecule has 1 fully saturated rings. The van der Waals surface area contributed by atoms with Crippen LogP contribution in [0.15, 0.2) is 12.1 Å².